The summed E-state index contributed by atoms with van der Waals surface area (Å²) in [5.41, 5.74) is 16.9. The van der Waals surface area contributed by atoms with Crippen LogP contribution in [0.3, 0.4) is 0 Å². The van der Waals surface area contributed by atoms with Crippen molar-refractivity contribution in [3.05, 3.63) is 18.2 Å². The highest BCUT2D eigenvalue weighted by molar-refractivity contribution is 7.80. The molecule has 0 fully saturated rings. The highest BCUT2D eigenvalue weighted by Crippen LogP contribution is 2.00. The zero-order valence-corrected chi connectivity index (χ0v) is 18.2. The Balaban J connectivity index is 2.47. The van der Waals surface area contributed by atoms with Crippen LogP contribution in [0.15, 0.2) is 17.5 Å². The molecule has 3 unspecified atom stereocenters. The fraction of sp³-hybridized carbons (Fsp3) is 0.529. The van der Waals surface area contributed by atoms with Gasteiger partial charge in [0.25, 0.3) is 0 Å². The quantitative estimate of drug-likeness (QED) is 0.0563. The standard InChI is InChI=1S/C17H29N9O5S/c18-10(4-9-5-21-8-24-9)14(28)26-12(7-32)15(29)23-6-13(27)25-11(16(30)31)2-1-3-22-17(19)20/h5,8,10-12,32H,1-4,6-7,18H2,(H,21,24)(H,23,29)(H,25,27)(H,26,28)(H,30,31)(H4,19,20,22). The smallest absolute Gasteiger partial charge is 0.326 e. The highest BCUT2D eigenvalue weighted by Gasteiger charge is 2.24. The van der Waals surface area contributed by atoms with Crippen LogP contribution in [0.1, 0.15) is 18.5 Å². The lowest BCUT2D eigenvalue weighted by molar-refractivity contribution is -0.142. The average molecular weight is 472 g/mol. The van der Waals surface area contributed by atoms with Gasteiger partial charge in [0.2, 0.25) is 17.7 Å². The van der Waals surface area contributed by atoms with Gasteiger partial charge in [0.1, 0.15) is 12.1 Å². The van der Waals surface area contributed by atoms with Gasteiger partial charge < -0.3 is 43.2 Å². The SMILES string of the molecule is NC(N)=NCCCC(NC(=O)CNC(=O)C(CS)NC(=O)C(N)Cc1cnc[nH]1)C(=O)O. The Bertz CT molecular complexity index is 798. The van der Waals surface area contributed by atoms with E-state index in [9.17, 15) is 24.3 Å². The number of rotatable bonds is 14. The topological polar surface area (TPSA) is 244 Å². The number of aliphatic carboxylic acids is 1. The molecule has 11 N–H and O–H groups in total. The van der Waals surface area contributed by atoms with Crippen molar-refractivity contribution in [2.24, 2.45) is 22.2 Å². The van der Waals surface area contributed by atoms with Crippen LogP contribution in [0.25, 0.3) is 0 Å². The minimum atomic E-state index is -1.24. The van der Waals surface area contributed by atoms with Crippen LogP contribution in [0.5, 0.6) is 0 Å². The number of carboxylic acid groups (broad SMARTS) is 1. The number of carbonyl (C=O) groups is 4. The molecule has 1 heterocycles. The first-order valence-corrected chi connectivity index (χ1v) is 10.3. The number of hydrogen-bond donors (Lipinski definition) is 9. The van der Waals surface area contributed by atoms with Gasteiger partial charge in [0, 0.05) is 30.6 Å². The highest BCUT2D eigenvalue weighted by atomic mass is 32.1. The fourth-order valence-corrected chi connectivity index (χ4v) is 2.75. The number of aromatic nitrogens is 2. The van der Waals surface area contributed by atoms with E-state index in [0.29, 0.717) is 12.1 Å². The Labute approximate surface area is 189 Å². The van der Waals surface area contributed by atoms with Crippen molar-refractivity contribution < 1.29 is 24.3 Å². The van der Waals surface area contributed by atoms with Crippen LogP contribution in [-0.4, -0.2) is 81.7 Å². The number of carboxylic acids is 1. The third-order valence-corrected chi connectivity index (χ3v) is 4.51. The van der Waals surface area contributed by atoms with Crippen molar-refractivity contribution in [3.8, 4) is 0 Å². The van der Waals surface area contributed by atoms with E-state index in [0.717, 1.165) is 0 Å². The molecule has 1 aromatic rings. The zero-order valence-electron chi connectivity index (χ0n) is 17.3. The number of thiol groups is 1. The summed E-state index contributed by atoms with van der Waals surface area (Å²) in [6.45, 7) is -0.276. The van der Waals surface area contributed by atoms with Gasteiger partial charge in [-0.15, -0.1) is 0 Å². The second-order valence-corrected chi connectivity index (χ2v) is 7.12. The molecule has 0 spiro atoms. The minimum absolute atomic E-state index is 0.0431. The Hall–Kier alpha value is -3.33. The number of guanidine groups is 1. The summed E-state index contributed by atoms with van der Waals surface area (Å²) in [5.74, 6) is -3.36. The van der Waals surface area contributed by atoms with Gasteiger partial charge in [-0.2, -0.15) is 12.6 Å². The van der Waals surface area contributed by atoms with E-state index in [4.69, 9.17) is 17.2 Å². The molecule has 0 aliphatic heterocycles. The summed E-state index contributed by atoms with van der Waals surface area (Å²) in [4.78, 5) is 58.2. The van der Waals surface area contributed by atoms with Crippen LogP contribution in [-0.2, 0) is 25.6 Å². The molecule has 1 rings (SSSR count). The van der Waals surface area contributed by atoms with Crippen molar-refractivity contribution in [1.82, 2.24) is 25.9 Å². The van der Waals surface area contributed by atoms with E-state index in [2.05, 4.69) is 43.5 Å². The Morgan fingerprint density at radius 3 is 2.47 bits per heavy atom. The van der Waals surface area contributed by atoms with E-state index in [1.165, 1.54) is 12.5 Å². The maximum atomic E-state index is 12.3. The van der Waals surface area contributed by atoms with Crippen molar-refractivity contribution in [2.45, 2.75) is 37.4 Å². The molecule has 0 radical (unpaired) electrons. The first-order valence-electron chi connectivity index (χ1n) is 9.63. The molecule has 0 aliphatic rings. The number of nitrogens with two attached hydrogens (primary N) is 3. The molecular weight excluding hydrogens is 442 g/mol. The van der Waals surface area contributed by atoms with Gasteiger partial charge in [-0.3, -0.25) is 19.4 Å². The molecule has 14 nitrogen and oxygen atoms in total. The van der Waals surface area contributed by atoms with Gasteiger partial charge in [-0.05, 0) is 12.8 Å². The number of amides is 3. The molecule has 0 aromatic carbocycles. The van der Waals surface area contributed by atoms with E-state index in [1.54, 1.807) is 0 Å². The molecule has 0 aliphatic carbocycles. The van der Waals surface area contributed by atoms with Crippen molar-refractivity contribution >= 4 is 42.3 Å². The van der Waals surface area contributed by atoms with Gasteiger partial charge in [-0.25, -0.2) is 9.78 Å². The number of aliphatic imine (C=N–C) groups is 1. The summed E-state index contributed by atoms with van der Waals surface area (Å²) in [7, 11) is 0. The molecule has 3 amide bonds. The number of nitrogens with one attached hydrogen (secondary N) is 4. The number of H-pyrrole nitrogens is 1. The van der Waals surface area contributed by atoms with Crippen molar-refractivity contribution in [1.29, 1.82) is 0 Å². The maximum Gasteiger partial charge on any atom is 0.326 e. The average Bonchev–Trinajstić information content (AvgIpc) is 3.24. The van der Waals surface area contributed by atoms with Crippen LogP contribution >= 0.6 is 12.6 Å². The lowest BCUT2D eigenvalue weighted by atomic mass is 10.1. The molecule has 15 heteroatoms. The Kier molecular flexibility index (Phi) is 11.6. The van der Waals surface area contributed by atoms with E-state index in [-0.39, 0.29) is 31.1 Å². The number of imidazole rings is 1. The maximum absolute atomic E-state index is 12.3. The van der Waals surface area contributed by atoms with Crippen LogP contribution in [0.2, 0.25) is 0 Å². The fourth-order valence-electron chi connectivity index (χ4n) is 2.50. The largest absolute Gasteiger partial charge is 0.480 e. The second-order valence-electron chi connectivity index (χ2n) is 6.76. The monoisotopic (exact) mass is 471 g/mol. The van der Waals surface area contributed by atoms with Crippen LogP contribution < -0.4 is 33.2 Å². The number of hydrogen-bond acceptors (Lipinski definition) is 8. The van der Waals surface area contributed by atoms with Crippen LogP contribution in [0, 0.1) is 0 Å². The van der Waals surface area contributed by atoms with Gasteiger partial charge >= 0.3 is 5.97 Å². The minimum Gasteiger partial charge on any atom is -0.480 e. The summed E-state index contributed by atoms with van der Waals surface area (Å²) in [6, 6.07) is -3.14. The van der Waals surface area contributed by atoms with Crippen molar-refractivity contribution in [2.75, 3.05) is 18.8 Å². The molecular formula is C17H29N9O5S. The molecule has 178 valence electrons. The first kappa shape index (κ1) is 26.7. The van der Waals surface area contributed by atoms with Crippen LogP contribution in [0.4, 0.5) is 0 Å². The summed E-state index contributed by atoms with van der Waals surface area (Å²) in [6.07, 6.45) is 3.59. The summed E-state index contributed by atoms with van der Waals surface area (Å²) >= 11 is 4.04. The number of carbonyl (C=O) groups excluding carboxylic acids is 3. The normalized spacial score (nSPS) is 13.3. The van der Waals surface area contributed by atoms with E-state index >= 15 is 0 Å². The summed E-state index contributed by atoms with van der Waals surface area (Å²) < 4.78 is 0. The van der Waals surface area contributed by atoms with Gasteiger partial charge in [0.05, 0.1) is 18.9 Å². The number of aromatic amines is 1. The molecule has 0 bridgehead atoms. The predicted octanol–water partition coefficient (Wildman–Crippen LogP) is -3.57. The Morgan fingerprint density at radius 1 is 1.19 bits per heavy atom. The van der Waals surface area contributed by atoms with Gasteiger partial charge in [0.15, 0.2) is 5.96 Å². The lowest BCUT2D eigenvalue weighted by Gasteiger charge is -2.19. The molecule has 0 saturated heterocycles. The molecule has 0 saturated carbocycles. The van der Waals surface area contributed by atoms with Gasteiger partial charge in [-0.1, -0.05) is 0 Å². The Morgan fingerprint density at radius 2 is 1.91 bits per heavy atom. The number of nitrogens with zero attached hydrogens (tertiary/aromatic N) is 2. The third-order valence-electron chi connectivity index (χ3n) is 4.15. The summed E-state index contributed by atoms with van der Waals surface area (Å²) in [5, 5.41) is 16.3. The molecule has 3 atom stereocenters. The predicted molar refractivity (Wildman–Crippen MR) is 119 cm³/mol. The second kappa shape index (κ2) is 13.9. The first-order chi connectivity index (χ1) is 15.1. The molecule has 1 aromatic heterocycles. The zero-order chi connectivity index (χ0) is 24.1. The van der Waals surface area contributed by atoms with E-state index < -0.39 is 48.4 Å². The van der Waals surface area contributed by atoms with E-state index in [1.807, 2.05) is 0 Å². The third kappa shape index (κ3) is 10.1. The van der Waals surface area contributed by atoms with Crippen molar-refractivity contribution in [3.63, 3.8) is 0 Å². The lowest BCUT2D eigenvalue weighted by Crippen LogP contribution is -2.54. The molecule has 32 heavy (non-hydrogen) atoms.